The number of nitrogens with zero attached hydrogens (tertiary/aromatic N) is 5. The molecular weight excluding hydrogens is 566 g/mol. The summed E-state index contributed by atoms with van der Waals surface area (Å²) in [5.41, 5.74) is 2.94. The van der Waals surface area contributed by atoms with Crippen molar-refractivity contribution in [2.24, 2.45) is 34.1 Å². The highest BCUT2D eigenvalue weighted by Gasteiger charge is 2.20. The predicted octanol–water partition coefficient (Wildman–Crippen LogP) is 2.64. The molecule has 0 fully saturated rings. The molecule has 14 heteroatoms. The van der Waals surface area contributed by atoms with Gasteiger partial charge in [0.1, 0.15) is 17.1 Å². The monoisotopic (exact) mass is 605 g/mol. The van der Waals surface area contributed by atoms with E-state index in [9.17, 15) is 24.3 Å². The van der Waals surface area contributed by atoms with Crippen LogP contribution in [0.5, 0.6) is 0 Å². The van der Waals surface area contributed by atoms with Crippen LogP contribution in [0.3, 0.4) is 0 Å². The lowest BCUT2D eigenvalue weighted by Crippen LogP contribution is -2.28. The number of rotatable bonds is 11. The summed E-state index contributed by atoms with van der Waals surface area (Å²) in [5, 5.41) is 20.8. The number of aryl methyl sites for hydroxylation is 5. The summed E-state index contributed by atoms with van der Waals surface area (Å²) in [6.07, 6.45) is 6.79. The molecule has 4 aromatic heterocycles. The quantitative estimate of drug-likeness (QED) is 0.176. The summed E-state index contributed by atoms with van der Waals surface area (Å²) < 4.78 is 6.41. The number of carbonyl (C=O) groups is 4. The summed E-state index contributed by atoms with van der Waals surface area (Å²) in [6, 6.07) is 4.68. The molecule has 0 aromatic carbocycles. The van der Waals surface area contributed by atoms with Gasteiger partial charge in [0.05, 0.1) is 28.9 Å². The lowest BCUT2D eigenvalue weighted by Gasteiger charge is -2.14. The number of nitrogens with one attached hydrogen (secondary N) is 4. The van der Waals surface area contributed by atoms with E-state index in [1.54, 1.807) is 103 Å². The molecule has 0 bridgehead atoms. The molecule has 4 aromatic rings. The van der Waals surface area contributed by atoms with E-state index in [-0.39, 0.29) is 23.3 Å². The summed E-state index contributed by atoms with van der Waals surface area (Å²) >= 11 is 0. The SMILES string of the molecule is Cc1cn(C)c(C(=O)Nc2cc(C(=O)Nc3cc(C(=O)Nc4cc(C(=O)NCCC(C)C(C)O)n(C)c4)n(C)c3)n(C)c2)n1. The van der Waals surface area contributed by atoms with Gasteiger partial charge in [-0.15, -0.1) is 0 Å². The first-order valence-corrected chi connectivity index (χ1v) is 14.1. The third-order valence-corrected chi connectivity index (χ3v) is 7.40. The van der Waals surface area contributed by atoms with Crippen LogP contribution in [0.2, 0.25) is 0 Å². The molecule has 4 amide bonds. The van der Waals surface area contributed by atoms with Gasteiger partial charge in [-0.25, -0.2) is 4.98 Å². The second kappa shape index (κ2) is 13.0. The normalized spacial score (nSPS) is 12.5. The van der Waals surface area contributed by atoms with Gasteiger partial charge in [-0.1, -0.05) is 6.92 Å². The molecule has 2 unspecified atom stereocenters. The molecule has 44 heavy (non-hydrogen) atoms. The second-order valence-corrected chi connectivity index (χ2v) is 11.1. The minimum atomic E-state index is -0.456. The van der Waals surface area contributed by atoms with Crippen LogP contribution >= 0.6 is 0 Å². The van der Waals surface area contributed by atoms with Crippen molar-refractivity contribution >= 4 is 40.7 Å². The Bertz CT molecular complexity index is 1700. The van der Waals surface area contributed by atoms with Crippen molar-refractivity contribution in [2.75, 3.05) is 22.5 Å². The highest BCUT2D eigenvalue weighted by Crippen LogP contribution is 2.20. The summed E-state index contributed by atoms with van der Waals surface area (Å²) in [5.74, 6) is -1.24. The van der Waals surface area contributed by atoms with E-state index < -0.39 is 23.8 Å². The Hall–Kier alpha value is -5.11. The number of aromatic nitrogens is 5. The molecule has 0 radical (unpaired) electrons. The smallest absolute Gasteiger partial charge is 0.291 e. The van der Waals surface area contributed by atoms with Crippen molar-refractivity contribution in [1.29, 1.82) is 0 Å². The number of aliphatic hydroxyl groups excluding tert-OH is 1. The summed E-state index contributed by atoms with van der Waals surface area (Å²) in [7, 11) is 6.80. The molecule has 0 aliphatic carbocycles. The van der Waals surface area contributed by atoms with E-state index in [4.69, 9.17) is 0 Å². The average Bonchev–Trinajstić information content (AvgIpc) is 3.69. The van der Waals surface area contributed by atoms with Crippen molar-refractivity contribution in [1.82, 2.24) is 28.6 Å². The van der Waals surface area contributed by atoms with Gasteiger partial charge in [0, 0.05) is 59.5 Å². The topological polar surface area (TPSA) is 169 Å². The number of amides is 4. The minimum Gasteiger partial charge on any atom is -0.393 e. The molecular formula is C30H39N9O5. The highest BCUT2D eigenvalue weighted by atomic mass is 16.3. The van der Waals surface area contributed by atoms with Crippen molar-refractivity contribution in [2.45, 2.75) is 33.3 Å². The maximum Gasteiger partial charge on any atom is 0.291 e. The van der Waals surface area contributed by atoms with Crippen LogP contribution in [0.1, 0.15) is 68.0 Å². The van der Waals surface area contributed by atoms with E-state index >= 15 is 0 Å². The second-order valence-electron chi connectivity index (χ2n) is 11.1. The van der Waals surface area contributed by atoms with Gasteiger partial charge >= 0.3 is 0 Å². The van der Waals surface area contributed by atoms with Crippen LogP contribution in [-0.4, -0.2) is 64.6 Å². The number of hydrogen-bond acceptors (Lipinski definition) is 6. The fourth-order valence-electron chi connectivity index (χ4n) is 4.73. The van der Waals surface area contributed by atoms with Crippen molar-refractivity contribution in [3.05, 3.63) is 71.6 Å². The fourth-order valence-corrected chi connectivity index (χ4v) is 4.73. The maximum absolute atomic E-state index is 13.1. The number of anilines is 3. The molecule has 0 aliphatic heterocycles. The first-order chi connectivity index (χ1) is 20.7. The van der Waals surface area contributed by atoms with E-state index in [1.165, 1.54) is 0 Å². The average molecular weight is 606 g/mol. The zero-order valence-electron chi connectivity index (χ0n) is 25.9. The lowest BCUT2D eigenvalue weighted by atomic mass is 10.0. The Balaban J connectivity index is 1.37. The molecule has 4 heterocycles. The number of aliphatic hydroxyl groups is 1. The van der Waals surface area contributed by atoms with E-state index in [2.05, 4.69) is 26.3 Å². The maximum atomic E-state index is 13.1. The van der Waals surface area contributed by atoms with Crippen molar-refractivity contribution in [3.8, 4) is 0 Å². The standard InChI is InChI=1S/C30H39N9O5/c1-17(19(3)40)8-9-31-27(41)23-10-20(14-36(23)4)33-28(42)24-11-21(15-37(24)5)34-29(43)25-12-22(16-38(25)6)35-30(44)26-32-18(2)13-39(26)7/h10-17,19,40H,8-9H2,1-7H3,(H,31,41)(H,33,42)(H,34,43)(H,35,44). The van der Waals surface area contributed by atoms with Gasteiger partial charge in [-0.2, -0.15) is 0 Å². The molecule has 0 saturated heterocycles. The van der Waals surface area contributed by atoms with Gasteiger partial charge in [0.2, 0.25) is 0 Å². The first kappa shape index (κ1) is 31.8. The van der Waals surface area contributed by atoms with Crippen LogP contribution < -0.4 is 21.3 Å². The van der Waals surface area contributed by atoms with Gasteiger partial charge in [0.15, 0.2) is 5.82 Å². The van der Waals surface area contributed by atoms with Gasteiger partial charge < -0.3 is 44.6 Å². The molecule has 2 atom stereocenters. The lowest BCUT2D eigenvalue weighted by molar-refractivity contribution is 0.0928. The molecule has 0 aliphatic rings. The van der Waals surface area contributed by atoms with Crippen LogP contribution in [0.15, 0.2) is 43.0 Å². The molecule has 234 valence electrons. The highest BCUT2D eigenvalue weighted by molar-refractivity contribution is 6.08. The van der Waals surface area contributed by atoms with E-state index in [0.717, 1.165) is 0 Å². The van der Waals surface area contributed by atoms with E-state index in [1.807, 2.05) is 6.92 Å². The zero-order chi connectivity index (χ0) is 32.3. The molecule has 4 rings (SSSR count). The predicted molar refractivity (Wildman–Crippen MR) is 166 cm³/mol. The van der Waals surface area contributed by atoms with Crippen LogP contribution in [-0.2, 0) is 28.2 Å². The third kappa shape index (κ3) is 7.26. The van der Waals surface area contributed by atoms with Crippen LogP contribution in [0.25, 0.3) is 0 Å². The zero-order valence-corrected chi connectivity index (χ0v) is 25.9. The fraction of sp³-hybridized carbons (Fsp3) is 0.367. The number of imidazole rings is 1. The van der Waals surface area contributed by atoms with Crippen LogP contribution in [0.4, 0.5) is 17.1 Å². The molecule has 14 nitrogen and oxygen atoms in total. The van der Waals surface area contributed by atoms with Gasteiger partial charge in [-0.3, -0.25) is 19.2 Å². The third-order valence-electron chi connectivity index (χ3n) is 7.40. The Morgan fingerprint density at radius 1 is 0.705 bits per heavy atom. The van der Waals surface area contributed by atoms with E-state index in [0.29, 0.717) is 47.1 Å². The molecule has 0 spiro atoms. The van der Waals surface area contributed by atoms with Crippen LogP contribution in [0, 0.1) is 12.8 Å². The van der Waals surface area contributed by atoms with Gasteiger partial charge in [-0.05, 0) is 44.4 Å². The Kier molecular flexibility index (Phi) is 9.43. The number of carbonyl (C=O) groups excluding carboxylic acids is 4. The summed E-state index contributed by atoms with van der Waals surface area (Å²) in [4.78, 5) is 55.6. The summed E-state index contributed by atoms with van der Waals surface area (Å²) in [6.45, 7) is 5.84. The molecule has 0 saturated carbocycles. The van der Waals surface area contributed by atoms with Crippen molar-refractivity contribution in [3.63, 3.8) is 0 Å². The Morgan fingerprint density at radius 3 is 1.55 bits per heavy atom. The molecule has 5 N–H and O–H groups in total. The first-order valence-electron chi connectivity index (χ1n) is 14.1. The minimum absolute atomic E-state index is 0.0538. The Morgan fingerprint density at radius 2 is 1.14 bits per heavy atom. The van der Waals surface area contributed by atoms with Gasteiger partial charge in [0.25, 0.3) is 23.6 Å². The largest absolute Gasteiger partial charge is 0.393 e. The number of hydrogen-bond donors (Lipinski definition) is 5. The van der Waals surface area contributed by atoms with Crippen molar-refractivity contribution < 1.29 is 24.3 Å². The Labute approximate surface area is 255 Å².